The van der Waals surface area contributed by atoms with Gasteiger partial charge >= 0.3 is 0 Å². The highest BCUT2D eigenvalue weighted by atomic mass is 16.1. The average molecular weight is 258 g/mol. The van der Waals surface area contributed by atoms with E-state index in [4.69, 9.17) is 5.73 Å². The molecule has 0 spiro atoms. The minimum Gasteiger partial charge on any atom is -0.345 e. The van der Waals surface area contributed by atoms with Crippen LogP contribution >= 0.6 is 0 Å². The lowest BCUT2D eigenvalue weighted by Gasteiger charge is -2.29. The zero-order valence-electron chi connectivity index (χ0n) is 10.9. The second-order valence-electron chi connectivity index (χ2n) is 5.52. The molecule has 1 aromatic carbocycles. The lowest BCUT2D eigenvalue weighted by molar-refractivity contribution is 0.0898. The van der Waals surface area contributed by atoms with E-state index in [-0.39, 0.29) is 11.4 Å². The van der Waals surface area contributed by atoms with Gasteiger partial charge in [-0.15, -0.1) is 0 Å². The molecule has 1 aromatic heterocycles. The standard InChI is InChI=1S/C14H18N4O/c1-14(8-15,11-4-5-11)17-13(19)9-2-3-10-7-16-18-12(10)6-9/h2-3,6-7,11H,4-5,8,15H2,1H3,(H,16,18)(H,17,19). The first-order valence-corrected chi connectivity index (χ1v) is 6.58. The second kappa shape index (κ2) is 4.35. The topological polar surface area (TPSA) is 83.8 Å². The fraction of sp³-hybridized carbons (Fsp3) is 0.429. The van der Waals surface area contributed by atoms with Crippen LogP contribution in [0.2, 0.25) is 0 Å². The molecular formula is C14H18N4O. The van der Waals surface area contributed by atoms with Gasteiger partial charge in [-0.2, -0.15) is 5.10 Å². The quantitative estimate of drug-likeness (QED) is 0.775. The number of nitrogens with two attached hydrogens (primary N) is 1. The summed E-state index contributed by atoms with van der Waals surface area (Å²) in [4.78, 5) is 12.3. The third kappa shape index (κ3) is 2.21. The Bertz CT molecular complexity index is 617. The Kier molecular flexibility index (Phi) is 2.78. The van der Waals surface area contributed by atoms with Crippen LogP contribution in [-0.4, -0.2) is 28.2 Å². The smallest absolute Gasteiger partial charge is 0.251 e. The van der Waals surface area contributed by atoms with Gasteiger partial charge in [-0.25, -0.2) is 0 Å². The zero-order valence-corrected chi connectivity index (χ0v) is 10.9. The summed E-state index contributed by atoms with van der Waals surface area (Å²) < 4.78 is 0. The molecule has 0 saturated heterocycles. The second-order valence-corrected chi connectivity index (χ2v) is 5.52. The van der Waals surface area contributed by atoms with Gasteiger partial charge in [-0.3, -0.25) is 9.89 Å². The zero-order chi connectivity index (χ0) is 13.5. The largest absolute Gasteiger partial charge is 0.345 e. The van der Waals surface area contributed by atoms with Crippen LogP contribution in [0.4, 0.5) is 0 Å². The monoisotopic (exact) mass is 258 g/mol. The summed E-state index contributed by atoms with van der Waals surface area (Å²) >= 11 is 0. The van der Waals surface area contributed by atoms with Gasteiger partial charge in [-0.05, 0) is 37.8 Å². The first-order valence-electron chi connectivity index (χ1n) is 6.58. The molecule has 0 radical (unpaired) electrons. The summed E-state index contributed by atoms with van der Waals surface area (Å²) in [5.41, 5.74) is 7.03. The molecular weight excluding hydrogens is 240 g/mol. The van der Waals surface area contributed by atoms with Gasteiger partial charge < -0.3 is 11.1 Å². The first-order chi connectivity index (χ1) is 9.12. The van der Waals surface area contributed by atoms with Crippen molar-refractivity contribution in [3.8, 4) is 0 Å². The van der Waals surface area contributed by atoms with E-state index >= 15 is 0 Å². The molecule has 1 amide bonds. The predicted octanol–water partition coefficient (Wildman–Crippen LogP) is 1.42. The van der Waals surface area contributed by atoms with E-state index in [0.29, 0.717) is 18.0 Å². The average Bonchev–Trinajstić information content (AvgIpc) is 3.17. The van der Waals surface area contributed by atoms with Crippen LogP contribution in [0.25, 0.3) is 10.9 Å². The van der Waals surface area contributed by atoms with Crippen LogP contribution in [0.1, 0.15) is 30.1 Å². The third-order valence-electron chi connectivity index (χ3n) is 4.01. The number of fused-ring (bicyclic) bond motifs is 1. The van der Waals surface area contributed by atoms with Crippen LogP contribution in [0.3, 0.4) is 0 Å². The van der Waals surface area contributed by atoms with E-state index in [0.717, 1.165) is 23.7 Å². The highest BCUT2D eigenvalue weighted by Gasteiger charge is 2.41. The van der Waals surface area contributed by atoms with E-state index in [9.17, 15) is 4.79 Å². The molecule has 5 heteroatoms. The minimum absolute atomic E-state index is 0.0728. The fourth-order valence-electron chi connectivity index (χ4n) is 2.45. The maximum Gasteiger partial charge on any atom is 0.251 e. The summed E-state index contributed by atoms with van der Waals surface area (Å²) in [5.74, 6) is 0.439. The van der Waals surface area contributed by atoms with Crippen LogP contribution in [-0.2, 0) is 0 Å². The van der Waals surface area contributed by atoms with Crippen molar-refractivity contribution in [2.75, 3.05) is 6.54 Å². The number of benzene rings is 1. The van der Waals surface area contributed by atoms with Gasteiger partial charge in [0, 0.05) is 17.5 Å². The normalized spacial score (nSPS) is 18.2. The van der Waals surface area contributed by atoms with Gasteiger partial charge in [0.15, 0.2) is 0 Å². The van der Waals surface area contributed by atoms with Gasteiger partial charge in [0.1, 0.15) is 0 Å². The molecule has 100 valence electrons. The van der Waals surface area contributed by atoms with Crippen LogP contribution in [0.5, 0.6) is 0 Å². The summed E-state index contributed by atoms with van der Waals surface area (Å²) in [7, 11) is 0. The molecule has 5 nitrogen and oxygen atoms in total. The van der Waals surface area contributed by atoms with Crippen molar-refractivity contribution >= 4 is 16.8 Å². The number of hydrogen-bond acceptors (Lipinski definition) is 3. The summed E-state index contributed by atoms with van der Waals surface area (Å²) in [6, 6.07) is 5.53. The lowest BCUT2D eigenvalue weighted by Crippen LogP contribution is -2.53. The van der Waals surface area contributed by atoms with Gasteiger partial charge in [0.05, 0.1) is 17.3 Å². The molecule has 1 fully saturated rings. The molecule has 1 aliphatic carbocycles. The Morgan fingerprint density at radius 1 is 1.58 bits per heavy atom. The molecule has 1 atom stereocenters. The predicted molar refractivity (Wildman–Crippen MR) is 73.7 cm³/mol. The molecule has 1 aliphatic rings. The van der Waals surface area contributed by atoms with Gasteiger partial charge in [0.25, 0.3) is 5.91 Å². The Balaban J connectivity index is 1.82. The van der Waals surface area contributed by atoms with Crippen molar-refractivity contribution in [1.29, 1.82) is 0 Å². The number of nitrogens with one attached hydrogen (secondary N) is 2. The van der Waals surface area contributed by atoms with E-state index in [1.807, 2.05) is 25.1 Å². The van der Waals surface area contributed by atoms with Crippen molar-refractivity contribution in [2.24, 2.45) is 11.7 Å². The molecule has 4 N–H and O–H groups in total. The molecule has 3 rings (SSSR count). The number of H-pyrrole nitrogens is 1. The van der Waals surface area contributed by atoms with E-state index in [2.05, 4.69) is 15.5 Å². The number of hydrogen-bond donors (Lipinski definition) is 3. The number of carbonyl (C=O) groups excluding carboxylic acids is 1. The molecule has 19 heavy (non-hydrogen) atoms. The first kappa shape index (κ1) is 12.2. The Hall–Kier alpha value is -1.88. The Labute approximate surface area is 111 Å². The van der Waals surface area contributed by atoms with E-state index in [1.54, 1.807) is 6.20 Å². The maximum atomic E-state index is 12.3. The maximum absolute atomic E-state index is 12.3. The van der Waals surface area contributed by atoms with E-state index < -0.39 is 0 Å². The Morgan fingerprint density at radius 3 is 3.05 bits per heavy atom. The number of rotatable bonds is 4. The highest BCUT2D eigenvalue weighted by Crippen LogP contribution is 2.39. The number of amides is 1. The lowest BCUT2D eigenvalue weighted by atomic mass is 9.95. The Morgan fingerprint density at radius 2 is 2.37 bits per heavy atom. The van der Waals surface area contributed by atoms with Crippen LogP contribution in [0.15, 0.2) is 24.4 Å². The molecule has 1 heterocycles. The van der Waals surface area contributed by atoms with Crippen molar-refractivity contribution < 1.29 is 4.79 Å². The summed E-state index contributed by atoms with van der Waals surface area (Å²) in [6.45, 7) is 2.49. The SMILES string of the molecule is CC(CN)(NC(=O)c1ccc2cn[nH]c2c1)C1CC1. The number of carbonyl (C=O) groups is 1. The third-order valence-corrected chi connectivity index (χ3v) is 4.01. The summed E-state index contributed by atoms with van der Waals surface area (Å²) in [5, 5.41) is 10.9. The van der Waals surface area contributed by atoms with Crippen LogP contribution in [0, 0.1) is 5.92 Å². The van der Waals surface area contributed by atoms with Crippen molar-refractivity contribution in [3.05, 3.63) is 30.0 Å². The molecule has 1 unspecified atom stereocenters. The molecule has 1 saturated carbocycles. The van der Waals surface area contributed by atoms with Crippen molar-refractivity contribution in [2.45, 2.75) is 25.3 Å². The fourth-order valence-corrected chi connectivity index (χ4v) is 2.45. The van der Waals surface area contributed by atoms with Crippen molar-refractivity contribution in [3.63, 3.8) is 0 Å². The number of aromatic nitrogens is 2. The minimum atomic E-state index is -0.292. The van der Waals surface area contributed by atoms with E-state index in [1.165, 1.54) is 0 Å². The number of aromatic amines is 1. The highest BCUT2D eigenvalue weighted by molar-refractivity contribution is 5.98. The molecule has 0 aliphatic heterocycles. The van der Waals surface area contributed by atoms with Crippen LogP contribution < -0.4 is 11.1 Å². The number of nitrogens with zero attached hydrogens (tertiary/aromatic N) is 1. The molecule has 0 bridgehead atoms. The van der Waals surface area contributed by atoms with Crippen molar-refractivity contribution in [1.82, 2.24) is 15.5 Å². The van der Waals surface area contributed by atoms with Gasteiger partial charge in [0.2, 0.25) is 0 Å². The van der Waals surface area contributed by atoms with Gasteiger partial charge in [-0.1, -0.05) is 6.07 Å². The summed E-state index contributed by atoms with van der Waals surface area (Å²) in [6.07, 6.45) is 4.03. The molecule has 2 aromatic rings.